The lowest BCUT2D eigenvalue weighted by Gasteiger charge is -1.97. The molecule has 0 aliphatic heterocycles. The number of aromatic carboxylic acids is 1. The van der Waals surface area contributed by atoms with Gasteiger partial charge < -0.3 is 10.8 Å². The Morgan fingerprint density at radius 3 is 2.64 bits per heavy atom. The second-order valence-corrected chi connectivity index (χ2v) is 2.41. The molecule has 0 bridgehead atoms. The quantitative estimate of drug-likeness (QED) is 0.700. The van der Waals surface area contributed by atoms with Gasteiger partial charge in [0.15, 0.2) is 0 Å². The normalized spacial score (nSPS) is 9.55. The molecule has 57 valence electrons. The first-order valence-corrected chi connectivity index (χ1v) is 3.23. The number of halogens is 1. The molecule has 0 atom stereocenters. The van der Waals surface area contributed by atoms with E-state index in [2.05, 4.69) is 0 Å². The molecule has 3 nitrogen and oxygen atoms in total. The van der Waals surface area contributed by atoms with Crippen molar-refractivity contribution < 1.29 is 9.90 Å². The van der Waals surface area contributed by atoms with Crippen LogP contribution in [-0.4, -0.2) is 11.1 Å². The molecule has 0 amide bonds. The third kappa shape index (κ3) is 1.62. The number of carboxylic acids is 1. The molecule has 0 saturated carbocycles. The van der Waals surface area contributed by atoms with Gasteiger partial charge in [-0.25, -0.2) is 4.79 Å². The summed E-state index contributed by atoms with van der Waals surface area (Å²) >= 11 is 5.53. The van der Waals surface area contributed by atoms with Crippen molar-refractivity contribution in [3.05, 3.63) is 28.8 Å². The third-order valence-corrected chi connectivity index (χ3v) is 1.53. The average Bonchev–Trinajstić information content (AvgIpc) is 1.94. The Labute approximate surface area is 68.4 Å². The molecule has 0 fully saturated rings. The van der Waals surface area contributed by atoms with Crippen molar-refractivity contribution in [1.82, 2.24) is 5.73 Å². The van der Waals surface area contributed by atoms with Gasteiger partial charge in [-0.2, -0.15) is 0 Å². The van der Waals surface area contributed by atoms with E-state index in [0.29, 0.717) is 0 Å². The Kier molecular flexibility index (Phi) is 2.01. The van der Waals surface area contributed by atoms with E-state index in [-0.39, 0.29) is 16.3 Å². The highest BCUT2D eigenvalue weighted by Crippen LogP contribution is 2.18. The van der Waals surface area contributed by atoms with Gasteiger partial charge >= 0.3 is 5.97 Å². The summed E-state index contributed by atoms with van der Waals surface area (Å²) in [5.74, 6) is -1.11. The molecule has 0 unspecified atom stereocenters. The first-order chi connectivity index (χ1) is 5.11. The highest BCUT2D eigenvalue weighted by atomic mass is 35.5. The summed E-state index contributed by atoms with van der Waals surface area (Å²) in [6.07, 6.45) is 0. The van der Waals surface area contributed by atoms with Crippen LogP contribution in [0.25, 0.3) is 0 Å². The highest BCUT2D eigenvalue weighted by molar-refractivity contribution is 6.33. The molecule has 0 heterocycles. The Balaban J connectivity index is 3.23. The van der Waals surface area contributed by atoms with E-state index in [1.165, 1.54) is 18.2 Å². The fourth-order valence-electron chi connectivity index (χ4n) is 0.689. The summed E-state index contributed by atoms with van der Waals surface area (Å²) in [6.45, 7) is 0. The standard InChI is InChI=1S/C7H5ClNO2/c8-6-2-1-4(9)3-5(6)7(10)11/h1-3,9H,(H,10,11). The molecule has 0 saturated heterocycles. The van der Waals surface area contributed by atoms with Gasteiger partial charge in [0.25, 0.3) is 0 Å². The van der Waals surface area contributed by atoms with Gasteiger partial charge in [-0.15, -0.1) is 0 Å². The van der Waals surface area contributed by atoms with Gasteiger partial charge in [0.1, 0.15) is 0 Å². The maximum atomic E-state index is 10.4. The van der Waals surface area contributed by atoms with Crippen LogP contribution in [0.5, 0.6) is 0 Å². The molecule has 0 aromatic heterocycles. The summed E-state index contributed by atoms with van der Waals surface area (Å²) < 4.78 is 0. The molecule has 0 aliphatic rings. The van der Waals surface area contributed by atoms with Crippen molar-refractivity contribution in [2.24, 2.45) is 0 Å². The fourth-order valence-corrected chi connectivity index (χ4v) is 0.888. The summed E-state index contributed by atoms with van der Waals surface area (Å²) in [7, 11) is 0. The van der Waals surface area contributed by atoms with Crippen LogP contribution in [0.1, 0.15) is 10.4 Å². The third-order valence-electron chi connectivity index (χ3n) is 1.20. The first kappa shape index (κ1) is 7.88. The van der Waals surface area contributed by atoms with Crippen LogP contribution in [0.2, 0.25) is 5.02 Å². The van der Waals surface area contributed by atoms with Crippen LogP contribution < -0.4 is 5.73 Å². The first-order valence-electron chi connectivity index (χ1n) is 2.85. The van der Waals surface area contributed by atoms with Crippen molar-refractivity contribution in [2.75, 3.05) is 0 Å². The van der Waals surface area contributed by atoms with Crippen molar-refractivity contribution >= 4 is 23.3 Å². The average molecular weight is 171 g/mol. The van der Waals surface area contributed by atoms with Crippen molar-refractivity contribution in [3.8, 4) is 0 Å². The Morgan fingerprint density at radius 1 is 1.55 bits per heavy atom. The van der Waals surface area contributed by atoms with Gasteiger partial charge in [0.05, 0.1) is 16.3 Å². The topological polar surface area (TPSA) is 61.1 Å². The van der Waals surface area contributed by atoms with Crippen molar-refractivity contribution in [2.45, 2.75) is 0 Å². The predicted octanol–water partition coefficient (Wildman–Crippen LogP) is 1.95. The Morgan fingerprint density at radius 2 is 2.18 bits per heavy atom. The maximum absolute atomic E-state index is 10.4. The number of hydrogen-bond donors (Lipinski definition) is 1. The van der Waals surface area contributed by atoms with Crippen LogP contribution in [-0.2, 0) is 0 Å². The molecule has 1 radical (unpaired) electrons. The lowest BCUT2D eigenvalue weighted by atomic mass is 10.2. The largest absolute Gasteiger partial charge is 0.478 e. The zero-order chi connectivity index (χ0) is 8.43. The van der Waals surface area contributed by atoms with Gasteiger partial charge in [-0.1, -0.05) is 11.6 Å². The molecule has 11 heavy (non-hydrogen) atoms. The lowest BCUT2D eigenvalue weighted by Crippen LogP contribution is -1.96. The SMILES string of the molecule is [NH]c1ccc(Cl)c(C(=O)O)c1. The monoisotopic (exact) mass is 170 g/mol. The number of hydrogen-bond acceptors (Lipinski definition) is 1. The fraction of sp³-hybridized carbons (Fsp3) is 0. The highest BCUT2D eigenvalue weighted by Gasteiger charge is 2.07. The summed E-state index contributed by atoms with van der Waals surface area (Å²) in [5.41, 5.74) is 7.22. The van der Waals surface area contributed by atoms with Crippen LogP contribution in [0, 0.1) is 0 Å². The van der Waals surface area contributed by atoms with Crippen LogP contribution in [0.3, 0.4) is 0 Å². The van der Waals surface area contributed by atoms with Gasteiger partial charge in [-0.05, 0) is 18.2 Å². The van der Waals surface area contributed by atoms with E-state index >= 15 is 0 Å². The summed E-state index contributed by atoms with van der Waals surface area (Å²) in [6, 6.07) is 4.05. The van der Waals surface area contributed by atoms with Gasteiger partial charge in [0.2, 0.25) is 0 Å². The molecule has 1 aromatic carbocycles. The van der Waals surface area contributed by atoms with Crippen LogP contribution in [0.4, 0.5) is 5.69 Å². The second kappa shape index (κ2) is 2.80. The summed E-state index contributed by atoms with van der Waals surface area (Å²) in [4.78, 5) is 10.4. The van der Waals surface area contributed by atoms with Crippen molar-refractivity contribution in [1.29, 1.82) is 0 Å². The number of carboxylic acid groups (broad SMARTS) is 1. The number of carbonyl (C=O) groups is 1. The van der Waals surface area contributed by atoms with E-state index < -0.39 is 5.97 Å². The molecular weight excluding hydrogens is 166 g/mol. The predicted molar refractivity (Wildman–Crippen MR) is 41.2 cm³/mol. The second-order valence-electron chi connectivity index (χ2n) is 2.00. The van der Waals surface area contributed by atoms with Gasteiger partial charge in [0, 0.05) is 0 Å². The molecule has 0 aliphatic carbocycles. The maximum Gasteiger partial charge on any atom is 0.337 e. The molecule has 0 spiro atoms. The zero-order valence-corrected chi connectivity index (χ0v) is 6.22. The molecular formula is C7H5ClNO2. The van der Waals surface area contributed by atoms with Gasteiger partial charge in [-0.3, -0.25) is 0 Å². The minimum atomic E-state index is -1.11. The molecule has 2 N–H and O–H groups in total. The Bertz CT molecular complexity index is 298. The summed E-state index contributed by atoms with van der Waals surface area (Å²) in [5, 5.41) is 8.68. The van der Waals surface area contributed by atoms with E-state index in [1.807, 2.05) is 0 Å². The lowest BCUT2D eigenvalue weighted by molar-refractivity contribution is 0.0697. The molecule has 1 rings (SSSR count). The van der Waals surface area contributed by atoms with Crippen molar-refractivity contribution in [3.63, 3.8) is 0 Å². The minimum Gasteiger partial charge on any atom is -0.478 e. The van der Waals surface area contributed by atoms with E-state index in [1.54, 1.807) is 0 Å². The number of rotatable bonds is 1. The zero-order valence-electron chi connectivity index (χ0n) is 5.47. The minimum absolute atomic E-state index is 0.0285. The van der Waals surface area contributed by atoms with Crippen LogP contribution in [0.15, 0.2) is 18.2 Å². The Hall–Kier alpha value is -1.22. The molecule has 1 aromatic rings. The smallest absolute Gasteiger partial charge is 0.337 e. The van der Waals surface area contributed by atoms with E-state index in [4.69, 9.17) is 22.4 Å². The molecule has 4 heteroatoms. The number of benzene rings is 1. The van der Waals surface area contributed by atoms with Crippen LogP contribution >= 0.6 is 11.6 Å². The van der Waals surface area contributed by atoms with E-state index in [9.17, 15) is 4.79 Å². The number of nitrogens with one attached hydrogen (secondary N) is 1. The van der Waals surface area contributed by atoms with E-state index in [0.717, 1.165) is 0 Å².